The van der Waals surface area contributed by atoms with Gasteiger partial charge in [-0.2, -0.15) is 0 Å². The molecular formula is C14H12INO4S2. The minimum Gasteiger partial charge on any atom is -0.481 e. The minimum absolute atomic E-state index is 0.0845. The number of aliphatic carboxylic acids is 1. The molecule has 0 spiro atoms. The summed E-state index contributed by atoms with van der Waals surface area (Å²) in [5, 5.41) is 8.62. The molecule has 0 aromatic heterocycles. The molecule has 1 heterocycles. The smallest absolute Gasteiger partial charge is 0.341 e. The van der Waals surface area contributed by atoms with E-state index in [0.717, 1.165) is 9.13 Å². The van der Waals surface area contributed by atoms with Crippen LogP contribution >= 0.6 is 46.6 Å². The van der Waals surface area contributed by atoms with Crippen LogP contribution in [-0.2, 0) is 9.59 Å². The number of hydrogen-bond acceptors (Lipinski definition) is 5. The van der Waals surface area contributed by atoms with E-state index in [0.29, 0.717) is 21.5 Å². The lowest BCUT2D eigenvalue weighted by molar-refractivity contribution is -0.139. The zero-order chi connectivity index (χ0) is 16.3. The fourth-order valence-electron chi connectivity index (χ4n) is 1.79. The number of carboxylic acids is 1. The summed E-state index contributed by atoms with van der Waals surface area (Å²) in [6, 6.07) is 5.30. The molecule has 1 fully saturated rings. The van der Waals surface area contributed by atoms with Gasteiger partial charge < -0.3 is 9.84 Å². The van der Waals surface area contributed by atoms with Gasteiger partial charge in [0.2, 0.25) is 0 Å². The van der Waals surface area contributed by atoms with Crippen molar-refractivity contribution in [1.29, 1.82) is 0 Å². The van der Waals surface area contributed by atoms with Crippen molar-refractivity contribution in [2.75, 3.05) is 13.2 Å². The third-order valence-corrected chi connectivity index (χ3v) is 5.02. The zero-order valence-corrected chi connectivity index (χ0v) is 15.3. The predicted octanol–water partition coefficient (Wildman–Crippen LogP) is 2.98. The Labute approximate surface area is 150 Å². The number of carboxylic acid groups (broad SMARTS) is 1. The van der Waals surface area contributed by atoms with Gasteiger partial charge in [-0.25, -0.2) is 4.79 Å². The summed E-state index contributed by atoms with van der Waals surface area (Å²) < 4.78 is 6.51. The monoisotopic (exact) mass is 449 g/mol. The molecule has 1 aliphatic heterocycles. The lowest BCUT2D eigenvalue weighted by atomic mass is 10.2. The molecule has 0 radical (unpaired) electrons. The molecule has 1 aromatic rings. The molecule has 1 amide bonds. The van der Waals surface area contributed by atoms with E-state index in [1.165, 1.54) is 11.8 Å². The first-order valence-corrected chi connectivity index (χ1v) is 8.62. The zero-order valence-electron chi connectivity index (χ0n) is 11.5. The number of rotatable bonds is 5. The Morgan fingerprint density at radius 2 is 2.27 bits per heavy atom. The number of likely N-dealkylation sites (N-methyl/N-ethyl adjacent to an activating group) is 1. The van der Waals surface area contributed by atoms with Gasteiger partial charge in [0, 0.05) is 6.54 Å². The van der Waals surface area contributed by atoms with Crippen molar-refractivity contribution in [1.82, 2.24) is 4.90 Å². The van der Waals surface area contributed by atoms with Crippen LogP contribution in [0.15, 0.2) is 23.1 Å². The van der Waals surface area contributed by atoms with Gasteiger partial charge in [0.25, 0.3) is 5.91 Å². The summed E-state index contributed by atoms with van der Waals surface area (Å²) in [6.45, 7) is 2.05. The van der Waals surface area contributed by atoms with Crippen molar-refractivity contribution in [3.63, 3.8) is 0 Å². The lowest BCUT2D eigenvalue weighted by Crippen LogP contribution is -2.27. The second-order valence-corrected chi connectivity index (χ2v) is 7.14. The maximum atomic E-state index is 12.1. The van der Waals surface area contributed by atoms with Crippen molar-refractivity contribution < 1.29 is 19.4 Å². The molecule has 0 aliphatic carbocycles. The quantitative estimate of drug-likeness (QED) is 0.424. The van der Waals surface area contributed by atoms with E-state index in [-0.39, 0.29) is 12.5 Å². The summed E-state index contributed by atoms with van der Waals surface area (Å²) in [5.74, 6) is -0.608. The topological polar surface area (TPSA) is 66.8 Å². The number of carbonyl (C=O) groups excluding carboxylic acids is 1. The molecule has 1 N–H and O–H groups in total. The molecule has 1 aromatic carbocycles. The predicted molar refractivity (Wildman–Crippen MR) is 97.8 cm³/mol. The fourth-order valence-corrected chi connectivity index (χ4v) is 3.87. The van der Waals surface area contributed by atoms with Crippen molar-refractivity contribution in [2.24, 2.45) is 0 Å². The Bertz CT molecular complexity index is 675. The van der Waals surface area contributed by atoms with Gasteiger partial charge in [-0.05, 0) is 53.3 Å². The second-order valence-electron chi connectivity index (χ2n) is 4.30. The number of thioether (sulfide) groups is 1. The Hall–Kier alpha value is -1.13. The highest BCUT2D eigenvalue weighted by Gasteiger charge is 2.30. The molecule has 1 aliphatic rings. The average Bonchev–Trinajstić information content (AvgIpc) is 2.72. The van der Waals surface area contributed by atoms with Crippen LogP contribution in [0.25, 0.3) is 6.08 Å². The third-order valence-electron chi connectivity index (χ3n) is 2.79. The average molecular weight is 449 g/mol. The van der Waals surface area contributed by atoms with Gasteiger partial charge in [0.15, 0.2) is 6.61 Å². The van der Waals surface area contributed by atoms with E-state index in [1.807, 2.05) is 13.0 Å². The molecule has 0 atom stereocenters. The summed E-state index contributed by atoms with van der Waals surface area (Å²) in [7, 11) is 0. The maximum Gasteiger partial charge on any atom is 0.341 e. The molecular weight excluding hydrogens is 437 g/mol. The molecule has 8 heteroatoms. The van der Waals surface area contributed by atoms with E-state index >= 15 is 0 Å². The van der Waals surface area contributed by atoms with Crippen molar-refractivity contribution in [3.05, 3.63) is 32.2 Å². The van der Waals surface area contributed by atoms with Crippen LogP contribution in [0.4, 0.5) is 0 Å². The van der Waals surface area contributed by atoms with E-state index in [4.69, 9.17) is 22.1 Å². The highest BCUT2D eigenvalue weighted by atomic mass is 127. The first kappa shape index (κ1) is 17.2. The number of hydrogen-bond donors (Lipinski definition) is 1. The van der Waals surface area contributed by atoms with Gasteiger partial charge >= 0.3 is 5.97 Å². The number of halogens is 1. The summed E-state index contributed by atoms with van der Waals surface area (Å²) in [5.41, 5.74) is 0.837. The number of ether oxygens (including phenoxy) is 1. The number of thiocarbonyl (C=S) groups is 1. The van der Waals surface area contributed by atoms with Crippen LogP contribution < -0.4 is 4.74 Å². The minimum atomic E-state index is -1.02. The molecule has 0 unspecified atom stereocenters. The summed E-state index contributed by atoms with van der Waals surface area (Å²) >= 11 is 8.51. The Morgan fingerprint density at radius 1 is 1.55 bits per heavy atom. The molecule has 22 heavy (non-hydrogen) atoms. The van der Waals surface area contributed by atoms with E-state index in [9.17, 15) is 9.59 Å². The first-order valence-electron chi connectivity index (χ1n) is 6.32. The Kier molecular flexibility index (Phi) is 5.81. The van der Waals surface area contributed by atoms with Gasteiger partial charge in [-0.15, -0.1) is 0 Å². The molecule has 116 valence electrons. The Balaban J connectivity index is 2.19. The maximum absolute atomic E-state index is 12.1. The molecule has 5 nitrogen and oxygen atoms in total. The van der Waals surface area contributed by atoms with Gasteiger partial charge in [-0.1, -0.05) is 30.0 Å². The SMILES string of the molecule is CCN1C(=O)C(=Cc2ccc(OCC(=O)O)c(I)c2)SC1=S. The van der Waals surface area contributed by atoms with Gasteiger partial charge in [0.1, 0.15) is 10.1 Å². The van der Waals surface area contributed by atoms with E-state index < -0.39 is 5.97 Å². The number of carbonyl (C=O) groups is 2. The lowest BCUT2D eigenvalue weighted by Gasteiger charge is -2.09. The summed E-state index contributed by atoms with van der Waals surface area (Å²) in [4.78, 5) is 24.8. The third kappa shape index (κ3) is 3.99. The van der Waals surface area contributed by atoms with Crippen molar-refractivity contribution in [3.8, 4) is 5.75 Å². The van der Waals surface area contributed by atoms with Gasteiger partial charge in [-0.3, -0.25) is 9.69 Å². The van der Waals surface area contributed by atoms with Crippen LogP contribution in [0.3, 0.4) is 0 Å². The van der Waals surface area contributed by atoms with Crippen molar-refractivity contribution >= 4 is 68.8 Å². The highest BCUT2D eigenvalue weighted by molar-refractivity contribution is 14.1. The standard InChI is InChI=1S/C14H12INO4S2/c1-2-16-13(19)11(22-14(16)21)6-8-3-4-10(9(15)5-8)20-7-12(17)18/h3-6H,2,7H2,1H3,(H,17,18). The normalized spacial score (nSPS) is 16.5. The van der Waals surface area contributed by atoms with Crippen LogP contribution in [0.1, 0.15) is 12.5 Å². The number of nitrogens with zero attached hydrogens (tertiary/aromatic N) is 1. The van der Waals surface area contributed by atoms with Crippen LogP contribution in [0.2, 0.25) is 0 Å². The fraction of sp³-hybridized carbons (Fsp3) is 0.214. The number of amides is 1. The van der Waals surface area contributed by atoms with E-state index in [1.54, 1.807) is 23.1 Å². The largest absolute Gasteiger partial charge is 0.481 e. The first-order chi connectivity index (χ1) is 10.4. The van der Waals surface area contributed by atoms with E-state index in [2.05, 4.69) is 22.6 Å². The molecule has 2 rings (SSSR count). The van der Waals surface area contributed by atoms with Crippen LogP contribution in [0.5, 0.6) is 5.75 Å². The number of benzene rings is 1. The van der Waals surface area contributed by atoms with Crippen molar-refractivity contribution in [2.45, 2.75) is 6.92 Å². The second kappa shape index (κ2) is 7.42. The van der Waals surface area contributed by atoms with Crippen LogP contribution in [-0.4, -0.2) is 39.4 Å². The molecule has 0 saturated carbocycles. The molecule has 0 bridgehead atoms. The van der Waals surface area contributed by atoms with Gasteiger partial charge in [0.05, 0.1) is 8.48 Å². The Morgan fingerprint density at radius 3 is 2.82 bits per heavy atom. The summed E-state index contributed by atoms with van der Waals surface area (Å²) in [6.07, 6.45) is 1.78. The molecule has 1 saturated heterocycles. The highest BCUT2D eigenvalue weighted by Crippen LogP contribution is 2.33. The van der Waals surface area contributed by atoms with Crippen LogP contribution in [0, 0.1) is 3.57 Å².